The van der Waals surface area contributed by atoms with Crippen molar-refractivity contribution in [2.24, 2.45) is 0 Å². The first-order valence-corrected chi connectivity index (χ1v) is 9.68. The first-order chi connectivity index (χ1) is 11.7. The van der Waals surface area contributed by atoms with Crippen molar-refractivity contribution in [3.63, 3.8) is 0 Å². The minimum Gasteiger partial charge on any atom is -0.387 e. The lowest BCUT2D eigenvalue weighted by atomic mass is 9.96. The molecule has 0 saturated carbocycles. The van der Waals surface area contributed by atoms with Crippen LogP contribution in [0.3, 0.4) is 0 Å². The Labute approximate surface area is 146 Å². The Balaban J connectivity index is 1.81. The van der Waals surface area contributed by atoms with Crippen molar-refractivity contribution in [2.75, 3.05) is 19.6 Å². The smallest absolute Gasteiger partial charge is 0.0922 e. The summed E-state index contributed by atoms with van der Waals surface area (Å²) in [5.74, 6) is 0. The summed E-state index contributed by atoms with van der Waals surface area (Å²) in [4.78, 5) is 2.45. The molecule has 2 aromatic rings. The fourth-order valence-corrected chi connectivity index (χ4v) is 3.96. The molecule has 2 nitrogen and oxygen atoms in total. The molecule has 0 saturated heterocycles. The maximum Gasteiger partial charge on any atom is 0.0922 e. The maximum absolute atomic E-state index is 10.9. The van der Waals surface area contributed by atoms with E-state index in [1.165, 1.54) is 47.6 Å². The highest BCUT2D eigenvalue weighted by Gasteiger charge is 2.20. The second-order valence-electron chi connectivity index (χ2n) is 7.18. The molecular weight excluding hydrogens is 294 g/mol. The van der Waals surface area contributed by atoms with Crippen molar-refractivity contribution >= 4 is 10.8 Å². The van der Waals surface area contributed by atoms with E-state index < -0.39 is 6.10 Å². The van der Waals surface area contributed by atoms with Crippen molar-refractivity contribution in [3.8, 4) is 0 Å². The van der Waals surface area contributed by atoms with Crippen LogP contribution in [0.25, 0.3) is 10.8 Å². The largest absolute Gasteiger partial charge is 0.387 e. The van der Waals surface area contributed by atoms with Crippen LogP contribution in [-0.4, -0.2) is 29.6 Å². The van der Waals surface area contributed by atoms with Gasteiger partial charge in [0.05, 0.1) is 6.10 Å². The lowest BCUT2D eigenvalue weighted by Gasteiger charge is -2.26. The minimum absolute atomic E-state index is 0.399. The zero-order chi connectivity index (χ0) is 16.9. The molecule has 0 radical (unpaired) electrons. The first kappa shape index (κ1) is 17.4. The van der Waals surface area contributed by atoms with Crippen molar-refractivity contribution < 1.29 is 5.11 Å². The molecule has 0 spiro atoms. The van der Waals surface area contributed by atoms with Gasteiger partial charge in [-0.1, -0.05) is 57.0 Å². The quantitative estimate of drug-likeness (QED) is 0.710. The van der Waals surface area contributed by atoms with E-state index in [9.17, 15) is 5.11 Å². The van der Waals surface area contributed by atoms with Crippen LogP contribution in [0.1, 0.15) is 62.3 Å². The van der Waals surface area contributed by atoms with Crippen LogP contribution >= 0.6 is 0 Å². The van der Waals surface area contributed by atoms with Crippen molar-refractivity contribution in [1.82, 2.24) is 4.90 Å². The molecule has 24 heavy (non-hydrogen) atoms. The Morgan fingerprint density at radius 1 is 0.958 bits per heavy atom. The monoisotopic (exact) mass is 325 g/mol. The third-order valence-corrected chi connectivity index (χ3v) is 5.36. The second-order valence-corrected chi connectivity index (χ2v) is 7.18. The number of nitrogens with zero attached hydrogens (tertiary/aromatic N) is 1. The number of unbranched alkanes of at least 4 members (excludes halogenated alkanes) is 2. The molecule has 130 valence electrons. The average molecular weight is 325 g/mol. The minimum atomic E-state index is -0.399. The highest BCUT2D eigenvalue weighted by Crippen LogP contribution is 2.35. The van der Waals surface area contributed by atoms with E-state index in [1.54, 1.807) is 0 Å². The topological polar surface area (TPSA) is 23.5 Å². The fraction of sp³-hybridized carbons (Fsp3) is 0.545. The maximum atomic E-state index is 10.9. The molecule has 0 bridgehead atoms. The Morgan fingerprint density at radius 3 is 2.29 bits per heavy atom. The van der Waals surface area contributed by atoms with Crippen LogP contribution in [-0.2, 0) is 12.8 Å². The van der Waals surface area contributed by atoms with E-state index in [1.807, 2.05) is 0 Å². The third kappa shape index (κ3) is 3.65. The molecule has 2 aromatic carbocycles. The number of aliphatic hydroxyl groups is 1. The summed E-state index contributed by atoms with van der Waals surface area (Å²) in [5.41, 5.74) is 4.01. The summed E-state index contributed by atoms with van der Waals surface area (Å²) in [6.45, 7) is 7.40. The Hall–Kier alpha value is -1.38. The lowest BCUT2D eigenvalue weighted by Crippen LogP contribution is -2.30. The van der Waals surface area contributed by atoms with Crippen molar-refractivity contribution in [2.45, 2.75) is 58.5 Å². The van der Waals surface area contributed by atoms with Gasteiger partial charge >= 0.3 is 0 Å². The molecule has 1 atom stereocenters. The zero-order valence-corrected chi connectivity index (χ0v) is 15.2. The molecule has 0 heterocycles. The molecule has 0 fully saturated rings. The van der Waals surface area contributed by atoms with Gasteiger partial charge in [-0.3, -0.25) is 0 Å². The normalized spacial score (nSPS) is 14.7. The van der Waals surface area contributed by atoms with Gasteiger partial charge in [0.1, 0.15) is 0 Å². The summed E-state index contributed by atoms with van der Waals surface area (Å²) in [5, 5.41) is 13.6. The highest BCUT2D eigenvalue weighted by molar-refractivity contribution is 5.93. The Kier molecular flexibility index (Phi) is 5.91. The molecule has 3 rings (SSSR count). The standard InChI is InChI=1S/C22H31NO/c1-3-5-14-23(15-6-4-2)16-21(24)19-13-12-18-11-10-17-8-7-9-20(19)22(17)18/h7-9,12-13,21,24H,3-6,10-11,14-16H2,1-2H3. The molecule has 2 heteroatoms. The predicted octanol–water partition coefficient (Wildman–Crippen LogP) is 4.87. The number of hydrogen-bond donors (Lipinski definition) is 1. The molecule has 1 unspecified atom stereocenters. The van der Waals surface area contributed by atoms with E-state index in [0.29, 0.717) is 0 Å². The van der Waals surface area contributed by atoms with Gasteiger partial charge in [0.2, 0.25) is 0 Å². The predicted molar refractivity (Wildman–Crippen MR) is 103 cm³/mol. The molecular formula is C22H31NO. The number of rotatable bonds is 9. The van der Waals surface area contributed by atoms with Crippen LogP contribution in [0, 0.1) is 0 Å². The SMILES string of the molecule is CCCCN(CCCC)CC(O)c1ccc2c3c(cccc13)CC2. The zero-order valence-electron chi connectivity index (χ0n) is 15.2. The van der Waals surface area contributed by atoms with Crippen LogP contribution in [0.2, 0.25) is 0 Å². The van der Waals surface area contributed by atoms with Crippen LogP contribution in [0.5, 0.6) is 0 Å². The van der Waals surface area contributed by atoms with Gasteiger partial charge in [-0.2, -0.15) is 0 Å². The summed E-state index contributed by atoms with van der Waals surface area (Å²) in [6, 6.07) is 11.0. The van der Waals surface area contributed by atoms with Gasteiger partial charge in [0.25, 0.3) is 0 Å². The van der Waals surface area contributed by atoms with Gasteiger partial charge in [0, 0.05) is 6.54 Å². The van der Waals surface area contributed by atoms with E-state index in [-0.39, 0.29) is 0 Å². The van der Waals surface area contributed by atoms with E-state index >= 15 is 0 Å². The first-order valence-electron chi connectivity index (χ1n) is 9.68. The number of benzene rings is 2. The van der Waals surface area contributed by atoms with E-state index in [4.69, 9.17) is 0 Å². The van der Waals surface area contributed by atoms with Crippen molar-refractivity contribution in [1.29, 1.82) is 0 Å². The van der Waals surface area contributed by atoms with Gasteiger partial charge in [-0.15, -0.1) is 0 Å². The van der Waals surface area contributed by atoms with Gasteiger partial charge in [-0.05, 0) is 66.2 Å². The number of aryl methyl sites for hydroxylation is 2. The lowest BCUT2D eigenvalue weighted by molar-refractivity contribution is 0.112. The number of aliphatic hydroxyl groups excluding tert-OH is 1. The van der Waals surface area contributed by atoms with Gasteiger partial charge in [-0.25, -0.2) is 0 Å². The highest BCUT2D eigenvalue weighted by atomic mass is 16.3. The molecule has 1 aliphatic rings. The van der Waals surface area contributed by atoms with Gasteiger partial charge < -0.3 is 10.0 Å². The summed E-state index contributed by atoms with van der Waals surface area (Å²) >= 11 is 0. The van der Waals surface area contributed by atoms with Crippen LogP contribution < -0.4 is 0 Å². The molecule has 0 aromatic heterocycles. The van der Waals surface area contributed by atoms with E-state index in [2.05, 4.69) is 49.1 Å². The molecule has 0 aliphatic heterocycles. The average Bonchev–Trinajstić information content (AvgIpc) is 3.02. The molecule has 0 amide bonds. The second kappa shape index (κ2) is 8.13. The fourth-order valence-electron chi connectivity index (χ4n) is 3.96. The number of hydrogen-bond acceptors (Lipinski definition) is 2. The summed E-state index contributed by atoms with van der Waals surface area (Å²) < 4.78 is 0. The van der Waals surface area contributed by atoms with Gasteiger partial charge in [0.15, 0.2) is 0 Å². The van der Waals surface area contributed by atoms with Crippen molar-refractivity contribution in [3.05, 3.63) is 47.0 Å². The van der Waals surface area contributed by atoms with Crippen LogP contribution in [0.4, 0.5) is 0 Å². The summed E-state index contributed by atoms with van der Waals surface area (Å²) in [7, 11) is 0. The van der Waals surface area contributed by atoms with E-state index in [0.717, 1.165) is 38.0 Å². The molecule has 1 N–H and O–H groups in total. The Morgan fingerprint density at radius 2 is 1.62 bits per heavy atom. The summed E-state index contributed by atoms with van der Waals surface area (Å²) in [6.07, 6.45) is 6.72. The third-order valence-electron chi connectivity index (χ3n) is 5.36. The Bertz CT molecular complexity index is 661. The van der Waals surface area contributed by atoms with Crippen LogP contribution in [0.15, 0.2) is 30.3 Å². The molecule has 1 aliphatic carbocycles.